The van der Waals surface area contributed by atoms with E-state index in [2.05, 4.69) is 11.9 Å². The summed E-state index contributed by atoms with van der Waals surface area (Å²) in [6.07, 6.45) is 3.68. The summed E-state index contributed by atoms with van der Waals surface area (Å²) >= 11 is 1.68. The van der Waals surface area contributed by atoms with Gasteiger partial charge < -0.3 is 14.4 Å². The minimum absolute atomic E-state index is 0.00715. The number of hydrogen-bond acceptors (Lipinski definition) is 6. The molecule has 1 aromatic heterocycles. The van der Waals surface area contributed by atoms with Crippen molar-refractivity contribution in [3.8, 4) is 0 Å². The summed E-state index contributed by atoms with van der Waals surface area (Å²) in [4.78, 5) is 17.9. The maximum atomic E-state index is 12.0. The van der Waals surface area contributed by atoms with Gasteiger partial charge in [-0.15, -0.1) is 11.8 Å². The van der Waals surface area contributed by atoms with E-state index in [1.807, 2.05) is 20.2 Å². The van der Waals surface area contributed by atoms with Crippen molar-refractivity contribution in [2.75, 3.05) is 38.0 Å². The van der Waals surface area contributed by atoms with E-state index >= 15 is 0 Å². The molecule has 0 spiro atoms. The zero-order valence-electron chi connectivity index (χ0n) is 12.8. The van der Waals surface area contributed by atoms with Crippen LogP contribution in [0.25, 0.3) is 0 Å². The van der Waals surface area contributed by atoms with Crippen molar-refractivity contribution in [2.24, 2.45) is 0 Å². The first-order valence-electron chi connectivity index (χ1n) is 7.23. The van der Waals surface area contributed by atoms with E-state index in [4.69, 9.17) is 9.47 Å². The monoisotopic (exact) mass is 313 g/mol. The van der Waals surface area contributed by atoms with Gasteiger partial charge in [0, 0.05) is 32.7 Å². The molecule has 0 bridgehead atoms. The SMILES string of the molecule is CCCCOC[C@@H]1O[C@H](n2ccc(N(C)C)nc2=O)CS1. The molecule has 7 heteroatoms. The quantitative estimate of drug-likeness (QED) is 0.714. The first-order valence-corrected chi connectivity index (χ1v) is 8.28. The van der Waals surface area contributed by atoms with Crippen molar-refractivity contribution < 1.29 is 9.47 Å². The summed E-state index contributed by atoms with van der Waals surface area (Å²) in [6, 6.07) is 1.82. The first-order chi connectivity index (χ1) is 10.1. The summed E-state index contributed by atoms with van der Waals surface area (Å²) in [5.41, 5.74) is -0.286. The Bertz CT molecular complexity index is 506. The van der Waals surface area contributed by atoms with Crippen molar-refractivity contribution in [2.45, 2.75) is 31.4 Å². The molecule has 1 aliphatic heterocycles. The van der Waals surface area contributed by atoms with Gasteiger partial charge in [0.15, 0.2) is 0 Å². The first kappa shape index (κ1) is 16.3. The van der Waals surface area contributed by atoms with Gasteiger partial charge in [0.1, 0.15) is 17.5 Å². The molecular weight excluding hydrogens is 290 g/mol. The van der Waals surface area contributed by atoms with Crippen molar-refractivity contribution in [3.63, 3.8) is 0 Å². The second-order valence-electron chi connectivity index (χ2n) is 5.15. The van der Waals surface area contributed by atoms with Gasteiger partial charge in [-0.1, -0.05) is 13.3 Å². The Morgan fingerprint density at radius 3 is 3.05 bits per heavy atom. The number of thioether (sulfide) groups is 1. The van der Waals surface area contributed by atoms with Gasteiger partial charge in [0.2, 0.25) is 0 Å². The van der Waals surface area contributed by atoms with Crippen LogP contribution in [0.5, 0.6) is 0 Å². The molecule has 21 heavy (non-hydrogen) atoms. The Kier molecular flexibility index (Phi) is 6.08. The van der Waals surface area contributed by atoms with E-state index in [9.17, 15) is 4.79 Å². The number of nitrogens with zero attached hydrogens (tertiary/aromatic N) is 3. The van der Waals surface area contributed by atoms with Crippen LogP contribution in [-0.4, -0.2) is 48.0 Å². The number of ether oxygens (including phenoxy) is 2. The van der Waals surface area contributed by atoms with E-state index in [0.29, 0.717) is 12.4 Å². The predicted molar refractivity (Wildman–Crippen MR) is 84.9 cm³/mol. The van der Waals surface area contributed by atoms with Crippen LogP contribution in [0.3, 0.4) is 0 Å². The second kappa shape index (κ2) is 7.82. The molecule has 1 saturated heterocycles. The maximum Gasteiger partial charge on any atom is 0.351 e. The molecule has 0 amide bonds. The predicted octanol–water partition coefficient (Wildman–Crippen LogP) is 1.71. The van der Waals surface area contributed by atoms with E-state index in [-0.39, 0.29) is 17.4 Å². The summed E-state index contributed by atoms with van der Waals surface area (Å²) in [6.45, 7) is 3.47. The molecule has 0 aliphatic carbocycles. The number of aromatic nitrogens is 2. The fourth-order valence-corrected chi connectivity index (χ4v) is 2.99. The van der Waals surface area contributed by atoms with Crippen LogP contribution in [0.15, 0.2) is 17.1 Å². The van der Waals surface area contributed by atoms with Gasteiger partial charge in [-0.05, 0) is 12.5 Å². The summed E-state index contributed by atoms with van der Waals surface area (Å²) in [5.74, 6) is 1.39. The molecule has 2 heterocycles. The normalized spacial score (nSPS) is 21.7. The van der Waals surface area contributed by atoms with Gasteiger partial charge in [0.25, 0.3) is 0 Å². The minimum Gasteiger partial charge on any atom is -0.378 e. The van der Waals surface area contributed by atoms with Crippen LogP contribution in [0.2, 0.25) is 0 Å². The lowest BCUT2D eigenvalue weighted by Gasteiger charge is -2.16. The maximum absolute atomic E-state index is 12.0. The molecule has 0 N–H and O–H groups in total. The van der Waals surface area contributed by atoms with Crippen LogP contribution in [0.4, 0.5) is 5.82 Å². The molecular formula is C14H23N3O3S. The third kappa shape index (κ3) is 4.46. The molecule has 2 rings (SSSR count). The number of rotatable bonds is 7. The lowest BCUT2D eigenvalue weighted by Crippen LogP contribution is -2.30. The van der Waals surface area contributed by atoms with Crippen LogP contribution in [0.1, 0.15) is 26.0 Å². The zero-order valence-corrected chi connectivity index (χ0v) is 13.6. The van der Waals surface area contributed by atoms with Crippen LogP contribution >= 0.6 is 11.8 Å². The van der Waals surface area contributed by atoms with E-state index in [1.165, 1.54) is 0 Å². The van der Waals surface area contributed by atoms with Crippen molar-refractivity contribution in [1.82, 2.24) is 9.55 Å². The summed E-state index contributed by atoms with van der Waals surface area (Å²) in [5, 5.41) is 0. The lowest BCUT2D eigenvalue weighted by molar-refractivity contribution is -0.0250. The number of hydrogen-bond donors (Lipinski definition) is 0. The molecule has 0 radical (unpaired) electrons. The average molecular weight is 313 g/mol. The lowest BCUT2D eigenvalue weighted by atomic mass is 10.4. The van der Waals surface area contributed by atoms with Crippen molar-refractivity contribution in [3.05, 3.63) is 22.7 Å². The van der Waals surface area contributed by atoms with E-state index in [1.54, 1.807) is 27.4 Å². The number of anilines is 1. The smallest absolute Gasteiger partial charge is 0.351 e. The molecule has 0 unspecified atom stereocenters. The topological polar surface area (TPSA) is 56.6 Å². The molecule has 1 fully saturated rings. The largest absolute Gasteiger partial charge is 0.378 e. The third-order valence-electron chi connectivity index (χ3n) is 3.21. The van der Waals surface area contributed by atoms with E-state index in [0.717, 1.165) is 25.2 Å². The number of unbranched alkanes of at least 4 members (excludes halogenated alkanes) is 1. The highest BCUT2D eigenvalue weighted by atomic mass is 32.2. The fraction of sp³-hybridized carbons (Fsp3) is 0.714. The van der Waals surface area contributed by atoms with Gasteiger partial charge >= 0.3 is 5.69 Å². The Hall–Kier alpha value is -1.05. The van der Waals surface area contributed by atoms with Gasteiger partial charge in [0.05, 0.1) is 6.61 Å². The zero-order chi connectivity index (χ0) is 15.2. The van der Waals surface area contributed by atoms with Crippen LogP contribution in [-0.2, 0) is 9.47 Å². The molecule has 0 saturated carbocycles. The van der Waals surface area contributed by atoms with Crippen LogP contribution < -0.4 is 10.6 Å². The van der Waals surface area contributed by atoms with E-state index < -0.39 is 0 Å². The molecule has 6 nitrogen and oxygen atoms in total. The standard InChI is InChI=1S/C14H23N3O3S/c1-4-5-8-19-9-13-20-12(10-21-13)17-7-6-11(16(2)3)15-14(17)18/h6-7,12-13H,4-5,8-10H2,1-3H3/t12-,13+/m0/s1. The van der Waals surface area contributed by atoms with Crippen molar-refractivity contribution >= 4 is 17.6 Å². The van der Waals surface area contributed by atoms with Gasteiger partial charge in [-0.25, -0.2) is 4.79 Å². The Labute approximate surface area is 129 Å². The molecule has 1 aromatic rings. The Morgan fingerprint density at radius 2 is 2.38 bits per heavy atom. The molecule has 0 aromatic carbocycles. The molecule has 118 valence electrons. The summed E-state index contributed by atoms with van der Waals surface area (Å²) < 4.78 is 13.0. The molecule has 1 aliphatic rings. The Balaban J connectivity index is 1.90. The highest BCUT2D eigenvalue weighted by molar-refractivity contribution is 8.00. The minimum atomic E-state index is -0.278. The van der Waals surface area contributed by atoms with Gasteiger partial charge in [-0.3, -0.25) is 4.57 Å². The van der Waals surface area contributed by atoms with Crippen LogP contribution in [0, 0.1) is 0 Å². The second-order valence-corrected chi connectivity index (χ2v) is 6.34. The average Bonchev–Trinajstić information content (AvgIpc) is 2.92. The third-order valence-corrected chi connectivity index (χ3v) is 4.31. The Morgan fingerprint density at radius 1 is 1.57 bits per heavy atom. The van der Waals surface area contributed by atoms with Gasteiger partial charge in [-0.2, -0.15) is 4.98 Å². The highest BCUT2D eigenvalue weighted by Crippen LogP contribution is 2.31. The fourth-order valence-electron chi connectivity index (χ4n) is 1.97. The highest BCUT2D eigenvalue weighted by Gasteiger charge is 2.28. The summed E-state index contributed by atoms with van der Waals surface area (Å²) in [7, 11) is 3.72. The van der Waals surface area contributed by atoms with Crippen molar-refractivity contribution in [1.29, 1.82) is 0 Å². The molecule has 2 atom stereocenters.